The molecular weight excluding hydrogens is 192 g/mol. The largest absolute Gasteiger partial charge is 0.411 e. The molecule has 1 aliphatic rings. The van der Waals surface area contributed by atoms with Gasteiger partial charge in [0.15, 0.2) is 0 Å². The van der Waals surface area contributed by atoms with E-state index in [1.54, 1.807) is 7.11 Å². The third-order valence-corrected chi connectivity index (χ3v) is 3.16. The summed E-state index contributed by atoms with van der Waals surface area (Å²) in [6, 6.07) is 0. The zero-order valence-corrected chi connectivity index (χ0v) is 9.99. The SMILES string of the molecule is COC(C)(C)CCN1CCC(=NO)CC1. The number of piperidine rings is 1. The van der Waals surface area contributed by atoms with Gasteiger partial charge in [-0.05, 0) is 20.3 Å². The molecule has 0 amide bonds. The van der Waals surface area contributed by atoms with E-state index in [0.717, 1.165) is 44.6 Å². The molecule has 1 rings (SSSR count). The van der Waals surface area contributed by atoms with Crippen molar-refractivity contribution >= 4 is 5.71 Å². The van der Waals surface area contributed by atoms with E-state index in [4.69, 9.17) is 9.94 Å². The molecule has 0 bridgehead atoms. The maximum Gasteiger partial charge on any atom is 0.0634 e. The van der Waals surface area contributed by atoms with Crippen LogP contribution in [0.2, 0.25) is 0 Å². The molecule has 0 aromatic carbocycles. The fourth-order valence-electron chi connectivity index (χ4n) is 1.66. The fraction of sp³-hybridized carbons (Fsp3) is 0.909. The Morgan fingerprint density at radius 2 is 2.00 bits per heavy atom. The van der Waals surface area contributed by atoms with Crippen LogP contribution in [0.4, 0.5) is 0 Å². The minimum atomic E-state index is -0.0364. The Bertz CT molecular complexity index is 217. The van der Waals surface area contributed by atoms with Crippen molar-refractivity contribution in [2.45, 2.75) is 38.7 Å². The van der Waals surface area contributed by atoms with Gasteiger partial charge < -0.3 is 14.8 Å². The molecule has 4 heteroatoms. The van der Waals surface area contributed by atoms with Gasteiger partial charge in [-0.2, -0.15) is 0 Å². The van der Waals surface area contributed by atoms with Crippen LogP contribution in [-0.4, -0.2) is 48.2 Å². The fourth-order valence-corrected chi connectivity index (χ4v) is 1.66. The number of nitrogens with zero attached hydrogens (tertiary/aromatic N) is 2. The van der Waals surface area contributed by atoms with E-state index in [-0.39, 0.29) is 5.60 Å². The summed E-state index contributed by atoms with van der Waals surface area (Å²) in [5, 5.41) is 11.9. The second-order valence-electron chi connectivity index (χ2n) is 4.72. The van der Waals surface area contributed by atoms with Crippen LogP contribution < -0.4 is 0 Å². The quantitative estimate of drug-likeness (QED) is 0.572. The summed E-state index contributed by atoms with van der Waals surface area (Å²) >= 11 is 0. The summed E-state index contributed by atoms with van der Waals surface area (Å²) in [6.07, 6.45) is 2.82. The van der Waals surface area contributed by atoms with E-state index in [2.05, 4.69) is 23.9 Å². The zero-order chi connectivity index (χ0) is 11.3. The van der Waals surface area contributed by atoms with Crippen LogP contribution in [0.1, 0.15) is 33.1 Å². The third-order valence-electron chi connectivity index (χ3n) is 3.16. The number of rotatable bonds is 4. The van der Waals surface area contributed by atoms with Crippen molar-refractivity contribution in [2.75, 3.05) is 26.7 Å². The predicted molar refractivity (Wildman–Crippen MR) is 60.6 cm³/mol. The Morgan fingerprint density at radius 1 is 1.40 bits per heavy atom. The lowest BCUT2D eigenvalue weighted by molar-refractivity contribution is 0.00734. The molecule has 0 unspecified atom stereocenters. The first kappa shape index (κ1) is 12.5. The number of oxime groups is 1. The normalized spacial score (nSPS) is 19.3. The van der Waals surface area contributed by atoms with Gasteiger partial charge >= 0.3 is 0 Å². The molecule has 0 aromatic rings. The van der Waals surface area contributed by atoms with E-state index in [0.29, 0.717) is 0 Å². The minimum absolute atomic E-state index is 0.0364. The Hall–Kier alpha value is -0.610. The van der Waals surface area contributed by atoms with Crippen LogP contribution in [-0.2, 0) is 4.74 Å². The summed E-state index contributed by atoms with van der Waals surface area (Å²) in [5.74, 6) is 0. The highest BCUT2D eigenvalue weighted by atomic mass is 16.5. The standard InChI is InChI=1S/C11H22N2O2/c1-11(2,15-3)6-9-13-7-4-10(12-14)5-8-13/h14H,4-9H2,1-3H3. The molecule has 1 saturated heterocycles. The monoisotopic (exact) mass is 214 g/mol. The number of ether oxygens (including phenoxy) is 1. The molecule has 15 heavy (non-hydrogen) atoms. The van der Waals surface area contributed by atoms with Crippen LogP contribution in [0, 0.1) is 0 Å². The highest BCUT2D eigenvalue weighted by molar-refractivity contribution is 5.84. The topological polar surface area (TPSA) is 45.1 Å². The highest BCUT2D eigenvalue weighted by Crippen LogP contribution is 2.15. The molecule has 1 aliphatic heterocycles. The maximum atomic E-state index is 8.62. The predicted octanol–water partition coefficient (Wildman–Crippen LogP) is 1.73. The lowest BCUT2D eigenvalue weighted by Gasteiger charge is -2.30. The number of likely N-dealkylation sites (tertiary alicyclic amines) is 1. The smallest absolute Gasteiger partial charge is 0.0634 e. The molecular formula is C11H22N2O2. The van der Waals surface area contributed by atoms with Gasteiger partial charge in [0.05, 0.1) is 11.3 Å². The second-order valence-corrected chi connectivity index (χ2v) is 4.72. The molecule has 1 fully saturated rings. The van der Waals surface area contributed by atoms with Crippen LogP contribution in [0.15, 0.2) is 5.16 Å². The first-order valence-electron chi connectivity index (χ1n) is 5.55. The Labute approximate surface area is 91.9 Å². The molecule has 4 nitrogen and oxygen atoms in total. The average molecular weight is 214 g/mol. The van der Waals surface area contributed by atoms with Crippen molar-refractivity contribution in [2.24, 2.45) is 5.16 Å². The average Bonchev–Trinajstić information content (AvgIpc) is 2.27. The van der Waals surface area contributed by atoms with Crippen LogP contribution in [0.25, 0.3) is 0 Å². The third kappa shape index (κ3) is 4.18. The van der Waals surface area contributed by atoms with E-state index >= 15 is 0 Å². The van der Waals surface area contributed by atoms with Crippen molar-refractivity contribution in [1.29, 1.82) is 0 Å². The van der Waals surface area contributed by atoms with E-state index in [1.165, 1.54) is 0 Å². The lowest BCUT2D eigenvalue weighted by atomic mass is 10.0. The van der Waals surface area contributed by atoms with E-state index < -0.39 is 0 Å². The first-order chi connectivity index (χ1) is 7.07. The molecule has 0 aliphatic carbocycles. The molecule has 1 heterocycles. The summed E-state index contributed by atoms with van der Waals surface area (Å²) in [6.45, 7) is 7.27. The number of hydrogen-bond acceptors (Lipinski definition) is 4. The van der Waals surface area contributed by atoms with Gasteiger partial charge in [-0.25, -0.2) is 0 Å². The molecule has 88 valence electrons. The molecule has 1 N–H and O–H groups in total. The van der Waals surface area contributed by atoms with Gasteiger partial charge in [0.25, 0.3) is 0 Å². The number of hydrogen-bond donors (Lipinski definition) is 1. The Kier molecular flexibility index (Phi) is 4.54. The van der Waals surface area contributed by atoms with Crippen molar-refractivity contribution < 1.29 is 9.94 Å². The maximum absolute atomic E-state index is 8.62. The lowest BCUT2D eigenvalue weighted by Crippen LogP contribution is -2.37. The van der Waals surface area contributed by atoms with Crippen molar-refractivity contribution in [3.63, 3.8) is 0 Å². The summed E-state index contributed by atoms with van der Waals surface area (Å²) in [4.78, 5) is 2.40. The molecule has 0 spiro atoms. The van der Waals surface area contributed by atoms with E-state index in [9.17, 15) is 0 Å². The van der Waals surface area contributed by atoms with Crippen LogP contribution >= 0.6 is 0 Å². The van der Waals surface area contributed by atoms with Gasteiger partial charge in [0.2, 0.25) is 0 Å². The van der Waals surface area contributed by atoms with Gasteiger partial charge in [-0.3, -0.25) is 0 Å². The van der Waals surface area contributed by atoms with Gasteiger partial charge in [0, 0.05) is 39.6 Å². The minimum Gasteiger partial charge on any atom is -0.411 e. The molecule has 0 radical (unpaired) electrons. The second kappa shape index (κ2) is 5.47. The summed E-state index contributed by atoms with van der Waals surface area (Å²) in [5.41, 5.74) is 0.892. The van der Waals surface area contributed by atoms with Gasteiger partial charge in [0.1, 0.15) is 0 Å². The summed E-state index contributed by atoms with van der Waals surface area (Å²) in [7, 11) is 1.76. The zero-order valence-electron chi connectivity index (χ0n) is 9.99. The summed E-state index contributed by atoms with van der Waals surface area (Å²) < 4.78 is 5.38. The first-order valence-corrected chi connectivity index (χ1v) is 5.55. The number of methoxy groups -OCH3 is 1. The van der Waals surface area contributed by atoms with Crippen molar-refractivity contribution in [1.82, 2.24) is 4.90 Å². The van der Waals surface area contributed by atoms with Crippen LogP contribution in [0.5, 0.6) is 0 Å². The van der Waals surface area contributed by atoms with Gasteiger partial charge in [-0.1, -0.05) is 5.16 Å². The molecule has 0 aromatic heterocycles. The van der Waals surface area contributed by atoms with Gasteiger partial charge in [-0.15, -0.1) is 0 Å². The Morgan fingerprint density at radius 3 is 2.47 bits per heavy atom. The highest BCUT2D eigenvalue weighted by Gasteiger charge is 2.20. The van der Waals surface area contributed by atoms with Crippen molar-refractivity contribution in [3.8, 4) is 0 Å². The Balaban J connectivity index is 2.25. The van der Waals surface area contributed by atoms with Crippen molar-refractivity contribution in [3.05, 3.63) is 0 Å². The molecule has 0 saturated carbocycles. The molecule has 0 atom stereocenters. The van der Waals surface area contributed by atoms with Crippen LogP contribution in [0.3, 0.4) is 0 Å². The van der Waals surface area contributed by atoms with E-state index in [1.807, 2.05) is 0 Å².